The fraction of sp³-hybridized carbons (Fsp3) is 0.276. The van der Waals surface area contributed by atoms with E-state index in [0.29, 0.717) is 10.0 Å². The first-order chi connectivity index (χ1) is 18.0. The molecule has 2 heterocycles. The monoisotopic (exact) mass is 532 g/mol. The first-order valence-electron chi connectivity index (χ1n) is 12.5. The van der Waals surface area contributed by atoms with Crippen molar-refractivity contribution in [1.29, 1.82) is 0 Å². The third-order valence-corrected chi connectivity index (χ3v) is 7.27. The van der Waals surface area contributed by atoms with E-state index in [1.165, 1.54) is 5.56 Å². The molecule has 0 saturated carbocycles. The Morgan fingerprint density at radius 1 is 0.865 bits per heavy atom. The highest BCUT2D eigenvalue weighted by Crippen LogP contribution is 2.33. The summed E-state index contributed by atoms with van der Waals surface area (Å²) in [6.45, 7) is 8.70. The third-order valence-electron chi connectivity index (χ3n) is 6.84. The third kappa shape index (κ3) is 5.94. The predicted molar refractivity (Wildman–Crippen MR) is 150 cm³/mol. The van der Waals surface area contributed by atoms with E-state index in [2.05, 4.69) is 93.8 Å². The largest absolute Gasteiger partial charge is 0.297 e. The SMILES string of the molecule is Cc1cccc(C)c1-n1nnnc1[C@H](c1cc(Cl)cc(Cl)c1)N1CCN(C/C=C/c2ccccc2)CC1. The molecule has 1 atom stereocenters. The van der Waals surface area contributed by atoms with Gasteiger partial charge in [0.25, 0.3) is 0 Å². The van der Waals surface area contributed by atoms with Crippen molar-refractivity contribution in [2.24, 2.45) is 0 Å². The van der Waals surface area contributed by atoms with E-state index in [1.54, 1.807) is 6.07 Å². The molecule has 3 aromatic carbocycles. The van der Waals surface area contributed by atoms with E-state index in [-0.39, 0.29) is 6.04 Å². The zero-order valence-corrected chi connectivity index (χ0v) is 22.6. The zero-order chi connectivity index (χ0) is 25.8. The van der Waals surface area contributed by atoms with Gasteiger partial charge in [-0.3, -0.25) is 9.80 Å². The summed E-state index contributed by atoms with van der Waals surface area (Å²) < 4.78 is 1.87. The van der Waals surface area contributed by atoms with Crippen molar-refractivity contribution < 1.29 is 0 Å². The van der Waals surface area contributed by atoms with E-state index in [0.717, 1.165) is 60.9 Å². The van der Waals surface area contributed by atoms with Crippen molar-refractivity contribution in [3.63, 3.8) is 0 Å². The lowest BCUT2D eigenvalue weighted by Crippen LogP contribution is -2.48. The molecular formula is C29H30Cl2N6. The molecule has 0 bridgehead atoms. The van der Waals surface area contributed by atoms with Crippen LogP contribution in [0.3, 0.4) is 0 Å². The van der Waals surface area contributed by atoms with Crippen LogP contribution in [0.1, 0.15) is 34.1 Å². The Morgan fingerprint density at radius 3 is 2.22 bits per heavy atom. The molecule has 0 radical (unpaired) electrons. The van der Waals surface area contributed by atoms with Crippen LogP contribution < -0.4 is 0 Å². The van der Waals surface area contributed by atoms with Crippen molar-refractivity contribution in [2.45, 2.75) is 19.9 Å². The first-order valence-corrected chi connectivity index (χ1v) is 13.2. The zero-order valence-electron chi connectivity index (χ0n) is 21.1. The lowest BCUT2D eigenvalue weighted by Gasteiger charge is -2.38. The molecular weight excluding hydrogens is 503 g/mol. The fourth-order valence-corrected chi connectivity index (χ4v) is 5.57. The number of aromatic nitrogens is 4. The molecule has 1 aromatic heterocycles. The van der Waals surface area contributed by atoms with Crippen LogP contribution in [0.2, 0.25) is 10.0 Å². The molecule has 4 aromatic rings. The van der Waals surface area contributed by atoms with Gasteiger partial charge in [0, 0.05) is 42.8 Å². The van der Waals surface area contributed by atoms with Crippen LogP contribution in [0.5, 0.6) is 0 Å². The summed E-state index contributed by atoms with van der Waals surface area (Å²) in [5, 5.41) is 14.3. The molecule has 37 heavy (non-hydrogen) atoms. The molecule has 190 valence electrons. The summed E-state index contributed by atoms with van der Waals surface area (Å²) in [7, 11) is 0. The second-order valence-electron chi connectivity index (χ2n) is 9.44. The van der Waals surface area contributed by atoms with Gasteiger partial charge in [-0.1, -0.05) is 83.9 Å². The van der Waals surface area contributed by atoms with Crippen LogP contribution in [-0.4, -0.2) is 62.7 Å². The number of para-hydroxylation sites is 1. The minimum atomic E-state index is -0.188. The molecule has 1 aliphatic heterocycles. The summed E-state index contributed by atoms with van der Waals surface area (Å²) in [6, 6.07) is 22.1. The van der Waals surface area contributed by atoms with E-state index >= 15 is 0 Å². The van der Waals surface area contributed by atoms with E-state index in [1.807, 2.05) is 22.9 Å². The number of aryl methyl sites for hydroxylation is 2. The Hall–Kier alpha value is -3.03. The standard InChI is InChI=1S/C29H30Cl2N6/c1-21-8-6-9-22(2)27(21)37-29(32-33-34-37)28(24-18-25(30)20-26(31)19-24)36-16-14-35(15-17-36)13-7-12-23-10-4-3-5-11-23/h3-12,18-20,28H,13-17H2,1-2H3/b12-7+/t28-/m0/s1. The highest BCUT2D eigenvalue weighted by molar-refractivity contribution is 6.34. The average Bonchev–Trinajstić information content (AvgIpc) is 3.34. The van der Waals surface area contributed by atoms with Gasteiger partial charge in [-0.2, -0.15) is 4.68 Å². The van der Waals surface area contributed by atoms with Crippen molar-refractivity contribution in [2.75, 3.05) is 32.7 Å². The molecule has 1 aliphatic rings. The van der Waals surface area contributed by atoms with Gasteiger partial charge in [-0.05, 0) is 64.7 Å². The van der Waals surface area contributed by atoms with Crippen molar-refractivity contribution >= 4 is 29.3 Å². The van der Waals surface area contributed by atoms with Crippen LogP contribution in [0.15, 0.2) is 72.8 Å². The summed E-state index contributed by atoms with van der Waals surface area (Å²) in [4.78, 5) is 4.89. The number of hydrogen-bond donors (Lipinski definition) is 0. The molecule has 5 rings (SSSR count). The highest BCUT2D eigenvalue weighted by Gasteiger charge is 2.32. The van der Waals surface area contributed by atoms with Crippen molar-refractivity contribution in [3.8, 4) is 5.69 Å². The topological polar surface area (TPSA) is 50.1 Å². The maximum Gasteiger partial charge on any atom is 0.178 e. The van der Waals surface area contributed by atoms with Gasteiger partial charge in [-0.15, -0.1) is 5.10 Å². The van der Waals surface area contributed by atoms with E-state index in [9.17, 15) is 0 Å². The molecule has 8 heteroatoms. The van der Waals surface area contributed by atoms with Gasteiger partial charge in [0.1, 0.15) is 0 Å². The summed E-state index contributed by atoms with van der Waals surface area (Å²) in [6.07, 6.45) is 4.42. The lowest BCUT2D eigenvalue weighted by molar-refractivity contribution is 0.113. The fourth-order valence-electron chi connectivity index (χ4n) is 5.03. The van der Waals surface area contributed by atoms with Crippen LogP contribution in [0.25, 0.3) is 11.8 Å². The molecule has 0 N–H and O–H groups in total. The van der Waals surface area contributed by atoms with Gasteiger partial charge in [0.15, 0.2) is 5.82 Å². The van der Waals surface area contributed by atoms with Crippen LogP contribution in [0.4, 0.5) is 0 Å². The molecule has 6 nitrogen and oxygen atoms in total. The maximum atomic E-state index is 6.46. The van der Waals surface area contributed by atoms with Crippen molar-refractivity contribution in [1.82, 2.24) is 30.0 Å². The molecule has 0 aliphatic carbocycles. The molecule has 1 saturated heterocycles. The predicted octanol–water partition coefficient (Wildman–Crippen LogP) is 6.01. The maximum absolute atomic E-state index is 6.46. The Morgan fingerprint density at radius 2 is 1.54 bits per heavy atom. The smallest absolute Gasteiger partial charge is 0.178 e. The van der Waals surface area contributed by atoms with Crippen LogP contribution in [0, 0.1) is 13.8 Å². The average molecular weight is 534 g/mol. The Balaban J connectivity index is 1.42. The van der Waals surface area contributed by atoms with Crippen LogP contribution in [-0.2, 0) is 0 Å². The number of hydrogen-bond acceptors (Lipinski definition) is 5. The van der Waals surface area contributed by atoms with Gasteiger partial charge in [-0.25, -0.2) is 0 Å². The van der Waals surface area contributed by atoms with Gasteiger partial charge in [0.2, 0.25) is 0 Å². The number of halogens is 2. The van der Waals surface area contributed by atoms with Gasteiger partial charge >= 0.3 is 0 Å². The van der Waals surface area contributed by atoms with E-state index < -0.39 is 0 Å². The number of tetrazole rings is 1. The van der Waals surface area contributed by atoms with Gasteiger partial charge in [0.05, 0.1) is 11.7 Å². The summed E-state index contributed by atoms with van der Waals surface area (Å²) in [5.74, 6) is 0.758. The van der Waals surface area contributed by atoms with E-state index in [4.69, 9.17) is 23.2 Å². The lowest BCUT2D eigenvalue weighted by atomic mass is 10.0. The molecule has 0 unspecified atom stereocenters. The number of rotatable bonds is 7. The summed E-state index contributed by atoms with van der Waals surface area (Å²) >= 11 is 12.9. The number of piperazine rings is 1. The Kier molecular flexibility index (Phi) is 8.01. The molecule has 1 fully saturated rings. The van der Waals surface area contributed by atoms with Gasteiger partial charge < -0.3 is 0 Å². The first kappa shape index (κ1) is 25.6. The minimum absolute atomic E-state index is 0.188. The van der Waals surface area contributed by atoms with Crippen LogP contribution >= 0.6 is 23.2 Å². The summed E-state index contributed by atoms with van der Waals surface area (Å²) in [5.41, 5.74) is 5.44. The quantitative estimate of drug-likeness (QED) is 0.292. The molecule has 0 amide bonds. The number of benzene rings is 3. The second-order valence-corrected chi connectivity index (χ2v) is 10.3. The second kappa shape index (κ2) is 11.6. The van der Waals surface area contributed by atoms with Crippen molar-refractivity contribution in [3.05, 3.63) is 111 Å². The highest BCUT2D eigenvalue weighted by atomic mass is 35.5. The molecule has 0 spiro atoms. The minimum Gasteiger partial charge on any atom is -0.297 e. The Bertz CT molecular complexity index is 1340. The normalized spacial score (nSPS) is 15.9. The number of nitrogens with zero attached hydrogens (tertiary/aromatic N) is 6. The Labute approximate surface area is 228 Å².